The fourth-order valence-corrected chi connectivity index (χ4v) is 1.80. The van der Waals surface area contributed by atoms with Gasteiger partial charge in [0.05, 0.1) is 11.8 Å². The third-order valence-electron chi connectivity index (χ3n) is 2.77. The highest BCUT2D eigenvalue weighted by atomic mass is 19.1. The number of nitrogens with one attached hydrogen (secondary N) is 2. The van der Waals surface area contributed by atoms with Crippen LogP contribution in [-0.4, -0.2) is 27.7 Å². The lowest BCUT2D eigenvalue weighted by molar-refractivity contribution is 0.102. The number of carbonyl (C=O) groups excluding carboxylic acids is 1. The molecule has 0 bridgehead atoms. The third kappa shape index (κ3) is 2.61. The molecule has 0 radical (unpaired) electrons. The van der Waals surface area contributed by atoms with Gasteiger partial charge in [-0.1, -0.05) is 0 Å². The van der Waals surface area contributed by atoms with E-state index in [1.807, 2.05) is 13.8 Å². The Morgan fingerprint density at radius 3 is 2.75 bits per heavy atom. The molecule has 0 aliphatic carbocycles. The first-order valence-corrected chi connectivity index (χ1v) is 6.21. The van der Waals surface area contributed by atoms with Gasteiger partial charge in [-0.25, -0.2) is 14.1 Å². The molecule has 1 amide bonds. The standard InChI is InChI=1S/C13H16FN5O/c1-8(2)19-10(5-7-17-19)18-13(20)9-4-6-16-12(15-3)11(9)14/h4-8H,1-3H3,(H,15,16)(H,18,20). The van der Waals surface area contributed by atoms with Gasteiger partial charge in [0.1, 0.15) is 5.82 Å². The molecule has 0 unspecified atom stereocenters. The van der Waals surface area contributed by atoms with Crippen LogP contribution >= 0.6 is 0 Å². The van der Waals surface area contributed by atoms with Gasteiger partial charge in [0, 0.05) is 25.4 Å². The fourth-order valence-electron chi connectivity index (χ4n) is 1.80. The van der Waals surface area contributed by atoms with Crippen LogP contribution in [-0.2, 0) is 0 Å². The molecule has 0 aliphatic heterocycles. The Morgan fingerprint density at radius 1 is 1.35 bits per heavy atom. The van der Waals surface area contributed by atoms with Crippen molar-refractivity contribution in [2.75, 3.05) is 17.7 Å². The number of rotatable bonds is 4. The molecule has 7 heteroatoms. The zero-order valence-electron chi connectivity index (χ0n) is 11.5. The lowest BCUT2D eigenvalue weighted by atomic mass is 10.2. The number of anilines is 2. The van der Waals surface area contributed by atoms with Crippen LogP contribution in [0.3, 0.4) is 0 Å². The van der Waals surface area contributed by atoms with Gasteiger partial charge < -0.3 is 10.6 Å². The van der Waals surface area contributed by atoms with E-state index in [9.17, 15) is 9.18 Å². The molecule has 2 aromatic rings. The molecule has 2 heterocycles. The summed E-state index contributed by atoms with van der Waals surface area (Å²) >= 11 is 0. The first-order chi connectivity index (χ1) is 9.54. The summed E-state index contributed by atoms with van der Waals surface area (Å²) in [7, 11) is 1.54. The number of carbonyl (C=O) groups is 1. The van der Waals surface area contributed by atoms with E-state index in [1.54, 1.807) is 24.0 Å². The second-order valence-corrected chi connectivity index (χ2v) is 4.48. The van der Waals surface area contributed by atoms with Crippen LogP contribution in [0.2, 0.25) is 0 Å². The summed E-state index contributed by atoms with van der Waals surface area (Å²) in [6.07, 6.45) is 2.96. The number of halogens is 1. The number of hydrogen-bond acceptors (Lipinski definition) is 4. The summed E-state index contributed by atoms with van der Waals surface area (Å²) < 4.78 is 15.7. The summed E-state index contributed by atoms with van der Waals surface area (Å²) in [6.45, 7) is 3.88. The van der Waals surface area contributed by atoms with Crippen molar-refractivity contribution in [3.63, 3.8) is 0 Å². The number of pyridine rings is 1. The highest BCUT2D eigenvalue weighted by Crippen LogP contribution is 2.18. The van der Waals surface area contributed by atoms with E-state index in [4.69, 9.17) is 0 Å². The van der Waals surface area contributed by atoms with Crippen LogP contribution in [0.1, 0.15) is 30.2 Å². The van der Waals surface area contributed by atoms with Crippen molar-refractivity contribution in [2.24, 2.45) is 0 Å². The van der Waals surface area contributed by atoms with Crippen LogP contribution < -0.4 is 10.6 Å². The minimum absolute atomic E-state index is 0.0371. The molecule has 0 aromatic carbocycles. The summed E-state index contributed by atoms with van der Waals surface area (Å²) in [6, 6.07) is 3.09. The molecular weight excluding hydrogens is 261 g/mol. The number of nitrogens with zero attached hydrogens (tertiary/aromatic N) is 3. The Balaban J connectivity index is 2.27. The summed E-state index contributed by atoms with van der Waals surface area (Å²) in [5.74, 6) is -0.658. The number of aromatic nitrogens is 3. The smallest absolute Gasteiger partial charge is 0.259 e. The second-order valence-electron chi connectivity index (χ2n) is 4.48. The zero-order chi connectivity index (χ0) is 14.7. The minimum Gasteiger partial charge on any atom is -0.371 e. The summed E-state index contributed by atoms with van der Waals surface area (Å²) in [4.78, 5) is 15.9. The van der Waals surface area contributed by atoms with Crippen molar-refractivity contribution in [3.05, 3.63) is 35.9 Å². The molecule has 6 nitrogen and oxygen atoms in total. The monoisotopic (exact) mass is 277 g/mol. The molecular formula is C13H16FN5O. The van der Waals surface area contributed by atoms with Gasteiger partial charge >= 0.3 is 0 Å². The van der Waals surface area contributed by atoms with Crippen LogP contribution in [0.25, 0.3) is 0 Å². The summed E-state index contributed by atoms with van der Waals surface area (Å²) in [5.41, 5.74) is -0.0687. The van der Waals surface area contributed by atoms with Crippen LogP contribution in [0, 0.1) is 5.82 Å². The molecule has 0 fully saturated rings. The van der Waals surface area contributed by atoms with Gasteiger partial charge in [0.25, 0.3) is 5.91 Å². The molecule has 106 valence electrons. The van der Waals surface area contributed by atoms with Crippen molar-refractivity contribution in [3.8, 4) is 0 Å². The molecule has 2 N–H and O–H groups in total. The Hall–Kier alpha value is -2.44. The van der Waals surface area contributed by atoms with E-state index in [-0.39, 0.29) is 17.4 Å². The minimum atomic E-state index is -0.678. The summed E-state index contributed by atoms with van der Waals surface area (Å²) in [5, 5.41) is 9.34. The molecule has 2 rings (SSSR count). The maximum atomic E-state index is 14.0. The van der Waals surface area contributed by atoms with E-state index in [2.05, 4.69) is 20.7 Å². The first kappa shape index (κ1) is 14.0. The first-order valence-electron chi connectivity index (χ1n) is 6.21. The van der Waals surface area contributed by atoms with E-state index >= 15 is 0 Å². The lowest BCUT2D eigenvalue weighted by Crippen LogP contribution is -2.18. The highest BCUT2D eigenvalue weighted by molar-refractivity contribution is 6.04. The van der Waals surface area contributed by atoms with Crippen LogP contribution in [0.15, 0.2) is 24.5 Å². The lowest BCUT2D eigenvalue weighted by Gasteiger charge is -2.12. The molecule has 0 aliphatic rings. The van der Waals surface area contributed by atoms with E-state index in [0.29, 0.717) is 5.82 Å². The largest absolute Gasteiger partial charge is 0.371 e. The molecule has 0 spiro atoms. The Kier molecular flexibility index (Phi) is 3.97. The maximum absolute atomic E-state index is 14.0. The normalized spacial score (nSPS) is 10.7. The average molecular weight is 277 g/mol. The molecule has 0 saturated heterocycles. The SMILES string of the molecule is CNc1nccc(C(=O)Nc2ccnn2C(C)C)c1F. The van der Waals surface area contributed by atoms with Gasteiger partial charge in [0.15, 0.2) is 11.6 Å². The quantitative estimate of drug-likeness (QED) is 0.899. The third-order valence-corrected chi connectivity index (χ3v) is 2.77. The Labute approximate surface area is 116 Å². The van der Waals surface area contributed by atoms with Gasteiger partial charge in [-0.15, -0.1) is 0 Å². The van der Waals surface area contributed by atoms with Crippen LogP contribution in [0.5, 0.6) is 0 Å². The van der Waals surface area contributed by atoms with Crippen molar-refractivity contribution in [2.45, 2.75) is 19.9 Å². The number of hydrogen-bond donors (Lipinski definition) is 2. The van der Waals surface area contributed by atoms with E-state index in [1.165, 1.54) is 12.3 Å². The van der Waals surface area contributed by atoms with Crippen molar-refractivity contribution < 1.29 is 9.18 Å². The Bertz CT molecular complexity index is 623. The molecule has 0 atom stereocenters. The number of amides is 1. The van der Waals surface area contributed by atoms with Crippen LogP contribution in [0.4, 0.5) is 16.0 Å². The predicted molar refractivity (Wildman–Crippen MR) is 74.3 cm³/mol. The Morgan fingerprint density at radius 2 is 2.10 bits per heavy atom. The zero-order valence-corrected chi connectivity index (χ0v) is 11.5. The fraction of sp³-hybridized carbons (Fsp3) is 0.308. The second kappa shape index (κ2) is 5.68. The highest BCUT2D eigenvalue weighted by Gasteiger charge is 2.17. The maximum Gasteiger partial charge on any atom is 0.259 e. The van der Waals surface area contributed by atoms with E-state index < -0.39 is 11.7 Å². The van der Waals surface area contributed by atoms with Crippen molar-refractivity contribution in [1.82, 2.24) is 14.8 Å². The molecule has 2 aromatic heterocycles. The van der Waals surface area contributed by atoms with Gasteiger partial charge in [-0.3, -0.25) is 4.79 Å². The molecule has 20 heavy (non-hydrogen) atoms. The van der Waals surface area contributed by atoms with Crippen molar-refractivity contribution >= 4 is 17.5 Å². The predicted octanol–water partition coefficient (Wildman–Crippen LogP) is 2.29. The van der Waals surface area contributed by atoms with Gasteiger partial charge in [0.2, 0.25) is 0 Å². The molecule has 0 saturated carbocycles. The van der Waals surface area contributed by atoms with Gasteiger partial charge in [-0.2, -0.15) is 5.10 Å². The topological polar surface area (TPSA) is 71.8 Å². The van der Waals surface area contributed by atoms with Crippen molar-refractivity contribution in [1.29, 1.82) is 0 Å². The van der Waals surface area contributed by atoms with E-state index in [0.717, 1.165) is 0 Å². The average Bonchev–Trinajstić information content (AvgIpc) is 2.87. The van der Waals surface area contributed by atoms with Gasteiger partial charge in [-0.05, 0) is 19.9 Å².